The highest BCUT2D eigenvalue weighted by Crippen LogP contribution is 2.29. The third-order valence-electron chi connectivity index (χ3n) is 4.21. The SMILES string of the molecule is CCCNc1cc(N(CC)CC2CCC2)nc(C(C)C)n1. The predicted octanol–water partition coefficient (Wildman–Crippen LogP) is 4.05. The van der Waals surface area contributed by atoms with Gasteiger partial charge in [0.1, 0.15) is 17.5 Å². The summed E-state index contributed by atoms with van der Waals surface area (Å²) in [5.41, 5.74) is 0. The molecule has 118 valence electrons. The van der Waals surface area contributed by atoms with Crippen molar-refractivity contribution in [3.63, 3.8) is 0 Å². The van der Waals surface area contributed by atoms with Crippen LogP contribution >= 0.6 is 0 Å². The van der Waals surface area contributed by atoms with Gasteiger partial charge in [0.25, 0.3) is 0 Å². The van der Waals surface area contributed by atoms with Gasteiger partial charge < -0.3 is 10.2 Å². The van der Waals surface area contributed by atoms with E-state index in [9.17, 15) is 0 Å². The zero-order valence-electron chi connectivity index (χ0n) is 14.0. The van der Waals surface area contributed by atoms with Crippen LogP contribution in [0.3, 0.4) is 0 Å². The molecule has 0 aliphatic heterocycles. The molecule has 0 unspecified atom stereocenters. The van der Waals surface area contributed by atoms with Gasteiger partial charge in [0.15, 0.2) is 0 Å². The summed E-state index contributed by atoms with van der Waals surface area (Å²) in [6.07, 6.45) is 5.25. The van der Waals surface area contributed by atoms with Crippen LogP contribution < -0.4 is 10.2 Å². The molecule has 1 fully saturated rings. The van der Waals surface area contributed by atoms with E-state index >= 15 is 0 Å². The molecule has 4 heteroatoms. The number of nitrogens with zero attached hydrogens (tertiary/aromatic N) is 3. The van der Waals surface area contributed by atoms with Crippen molar-refractivity contribution in [2.24, 2.45) is 5.92 Å². The zero-order valence-corrected chi connectivity index (χ0v) is 14.0. The second-order valence-electron chi connectivity index (χ2n) is 6.39. The zero-order chi connectivity index (χ0) is 15.2. The van der Waals surface area contributed by atoms with Gasteiger partial charge in [0, 0.05) is 31.6 Å². The van der Waals surface area contributed by atoms with Crippen molar-refractivity contribution >= 4 is 11.6 Å². The molecule has 0 aromatic carbocycles. The van der Waals surface area contributed by atoms with Gasteiger partial charge in [-0.15, -0.1) is 0 Å². The lowest BCUT2D eigenvalue weighted by Gasteiger charge is -2.32. The van der Waals surface area contributed by atoms with E-state index in [0.717, 1.165) is 49.4 Å². The minimum Gasteiger partial charge on any atom is -0.370 e. The van der Waals surface area contributed by atoms with Crippen LogP contribution in [0.4, 0.5) is 11.6 Å². The van der Waals surface area contributed by atoms with Crippen molar-refractivity contribution in [1.29, 1.82) is 0 Å². The highest BCUT2D eigenvalue weighted by Gasteiger charge is 2.21. The molecule has 0 radical (unpaired) electrons. The molecule has 1 aromatic heterocycles. The fraction of sp³-hybridized carbons (Fsp3) is 0.765. The Morgan fingerprint density at radius 3 is 2.57 bits per heavy atom. The van der Waals surface area contributed by atoms with Crippen LogP contribution in [0.5, 0.6) is 0 Å². The van der Waals surface area contributed by atoms with Crippen molar-refractivity contribution in [1.82, 2.24) is 9.97 Å². The van der Waals surface area contributed by atoms with Crippen molar-refractivity contribution in [2.45, 2.75) is 59.3 Å². The van der Waals surface area contributed by atoms with Crippen LogP contribution in [0.25, 0.3) is 0 Å². The Hall–Kier alpha value is -1.32. The second-order valence-corrected chi connectivity index (χ2v) is 6.39. The first-order chi connectivity index (χ1) is 10.1. The summed E-state index contributed by atoms with van der Waals surface area (Å²) in [4.78, 5) is 11.9. The highest BCUT2D eigenvalue weighted by molar-refractivity contribution is 5.49. The van der Waals surface area contributed by atoms with Crippen molar-refractivity contribution in [2.75, 3.05) is 29.9 Å². The van der Waals surface area contributed by atoms with Crippen LogP contribution in [0.2, 0.25) is 0 Å². The molecule has 0 spiro atoms. The molecule has 1 N–H and O–H groups in total. The maximum absolute atomic E-state index is 4.80. The molecule has 1 aliphatic carbocycles. The number of aromatic nitrogens is 2. The lowest BCUT2D eigenvalue weighted by molar-refractivity contribution is 0.318. The Morgan fingerprint density at radius 2 is 2.05 bits per heavy atom. The van der Waals surface area contributed by atoms with Gasteiger partial charge in [-0.05, 0) is 32.1 Å². The van der Waals surface area contributed by atoms with E-state index in [-0.39, 0.29) is 0 Å². The van der Waals surface area contributed by atoms with Gasteiger partial charge in [0.05, 0.1) is 0 Å². The lowest BCUT2D eigenvalue weighted by atomic mass is 9.85. The smallest absolute Gasteiger partial charge is 0.135 e. The normalized spacial score (nSPS) is 15.1. The molecule has 4 nitrogen and oxygen atoms in total. The first-order valence-corrected chi connectivity index (χ1v) is 8.51. The Morgan fingerprint density at radius 1 is 1.29 bits per heavy atom. The third-order valence-corrected chi connectivity index (χ3v) is 4.21. The molecule has 1 aromatic rings. The molecule has 0 bridgehead atoms. The van der Waals surface area contributed by atoms with Gasteiger partial charge >= 0.3 is 0 Å². The van der Waals surface area contributed by atoms with Crippen molar-refractivity contribution < 1.29 is 0 Å². The van der Waals surface area contributed by atoms with Crippen LogP contribution in [0.1, 0.15) is 65.1 Å². The summed E-state index contributed by atoms with van der Waals surface area (Å²) in [5.74, 6) is 4.21. The molecule has 21 heavy (non-hydrogen) atoms. The van der Waals surface area contributed by atoms with Gasteiger partial charge in [0.2, 0.25) is 0 Å². The standard InChI is InChI=1S/C17H30N4/c1-5-10-18-15-11-16(20-17(19-15)13(3)4)21(6-2)12-14-8-7-9-14/h11,13-14H,5-10,12H2,1-4H3,(H,18,19,20). The number of nitrogens with one attached hydrogen (secondary N) is 1. The summed E-state index contributed by atoms with van der Waals surface area (Å²) in [6, 6.07) is 2.11. The topological polar surface area (TPSA) is 41.0 Å². The number of rotatable bonds is 8. The second kappa shape index (κ2) is 7.62. The van der Waals surface area contributed by atoms with E-state index < -0.39 is 0 Å². The first kappa shape index (κ1) is 16.1. The summed E-state index contributed by atoms with van der Waals surface area (Å²) < 4.78 is 0. The monoisotopic (exact) mass is 290 g/mol. The van der Waals surface area contributed by atoms with E-state index in [1.54, 1.807) is 0 Å². The molecule has 1 heterocycles. The molecular formula is C17H30N4. The van der Waals surface area contributed by atoms with E-state index in [2.05, 4.69) is 49.0 Å². The molecular weight excluding hydrogens is 260 g/mol. The largest absolute Gasteiger partial charge is 0.370 e. The van der Waals surface area contributed by atoms with Crippen LogP contribution in [-0.4, -0.2) is 29.6 Å². The Balaban J connectivity index is 2.19. The number of hydrogen-bond acceptors (Lipinski definition) is 4. The quantitative estimate of drug-likeness (QED) is 0.784. The van der Waals surface area contributed by atoms with Crippen LogP contribution in [-0.2, 0) is 0 Å². The third kappa shape index (κ3) is 4.32. The molecule has 0 amide bonds. The summed E-state index contributed by atoms with van der Waals surface area (Å²) in [6.45, 7) is 11.8. The fourth-order valence-corrected chi connectivity index (χ4v) is 2.59. The van der Waals surface area contributed by atoms with Gasteiger partial charge in [-0.25, -0.2) is 9.97 Å². The average molecular weight is 290 g/mol. The Kier molecular flexibility index (Phi) is 5.83. The lowest BCUT2D eigenvalue weighted by Crippen LogP contribution is -2.33. The van der Waals surface area contributed by atoms with E-state index in [1.165, 1.54) is 19.3 Å². The molecule has 0 saturated heterocycles. The van der Waals surface area contributed by atoms with E-state index in [1.807, 2.05) is 0 Å². The maximum atomic E-state index is 4.80. The predicted molar refractivity (Wildman–Crippen MR) is 90.1 cm³/mol. The fourth-order valence-electron chi connectivity index (χ4n) is 2.59. The van der Waals surface area contributed by atoms with Gasteiger partial charge in [-0.3, -0.25) is 0 Å². The van der Waals surface area contributed by atoms with Crippen molar-refractivity contribution in [3.05, 3.63) is 11.9 Å². The summed E-state index contributed by atoms with van der Waals surface area (Å²) in [5, 5.41) is 3.41. The number of hydrogen-bond donors (Lipinski definition) is 1. The Labute approximate surface area is 129 Å². The number of anilines is 2. The van der Waals surface area contributed by atoms with E-state index in [0.29, 0.717) is 5.92 Å². The molecule has 2 rings (SSSR count). The van der Waals surface area contributed by atoms with Crippen molar-refractivity contribution in [3.8, 4) is 0 Å². The summed E-state index contributed by atoms with van der Waals surface area (Å²) >= 11 is 0. The Bertz CT molecular complexity index is 440. The molecule has 1 saturated carbocycles. The molecule has 1 aliphatic rings. The minimum absolute atomic E-state index is 0.356. The average Bonchev–Trinajstić information content (AvgIpc) is 2.43. The maximum Gasteiger partial charge on any atom is 0.135 e. The van der Waals surface area contributed by atoms with Gasteiger partial charge in [-0.2, -0.15) is 0 Å². The highest BCUT2D eigenvalue weighted by atomic mass is 15.2. The van der Waals surface area contributed by atoms with Crippen LogP contribution in [0.15, 0.2) is 6.07 Å². The first-order valence-electron chi connectivity index (χ1n) is 8.51. The molecule has 0 atom stereocenters. The van der Waals surface area contributed by atoms with Gasteiger partial charge in [-0.1, -0.05) is 27.2 Å². The summed E-state index contributed by atoms with van der Waals surface area (Å²) in [7, 11) is 0. The van der Waals surface area contributed by atoms with E-state index in [4.69, 9.17) is 4.98 Å². The minimum atomic E-state index is 0.356. The van der Waals surface area contributed by atoms with Crippen LogP contribution in [0, 0.1) is 5.92 Å².